The minimum absolute atomic E-state index is 0.129. The van der Waals surface area contributed by atoms with Gasteiger partial charge in [0.15, 0.2) is 0 Å². The molecule has 0 amide bonds. The number of aromatic nitrogens is 3. The predicted molar refractivity (Wildman–Crippen MR) is 77.9 cm³/mol. The molecule has 9 heteroatoms. The van der Waals surface area contributed by atoms with Gasteiger partial charge in [-0.2, -0.15) is 17.0 Å². The molecule has 0 spiro atoms. The topological polar surface area (TPSA) is 83.4 Å². The zero-order valence-electron chi connectivity index (χ0n) is 12.3. The summed E-state index contributed by atoms with van der Waals surface area (Å²) in [6, 6.07) is 0. The smallest absolute Gasteiger partial charge is 0.282 e. The highest BCUT2D eigenvalue weighted by atomic mass is 32.2. The average molecular weight is 314 g/mol. The van der Waals surface area contributed by atoms with E-state index in [1.807, 2.05) is 11.6 Å². The molecule has 21 heavy (non-hydrogen) atoms. The Kier molecular flexibility index (Phi) is 4.25. The van der Waals surface area contributed by atoms with E-state index in [0.717, 1.165) is 31.8 Å². The Morgan fingerprint density at radius 2 is 2.00 bits per heavy atom. The molecule has 0 aromatic carbocycles. The van der Waals surface area contributed by atoms with Gasteiger partial charge in [-0.3, -0.25) is 0 Å². The Hall–Kier alpha value is -1.03. The largest absolute Gasteiger partial charge is 0.320 e. The first kappa shape index (κ1) is 14.9. The number of nitrogens with zero attached hydrogens (tertiary/aromatic N) is 5. The first-order valence-electron chi connectivity index (χ1n) is 7.39. The van der Waals surface area contributed by atoms with Crippen molar-refractivity contribution in [2.45, 2.75) is 18.8 Å². The molecule has 3 rings (SSSR count). The van der Waals surface area contributed by atoms with Crippen molar-refractivity contribution in [3.8, 4) is 0 Å². The molecule has 3 heterocycles. The number of piperazine rings is 1. The SMILES string of the molecule is Cn1cnnc1C1CCCN(S(=O)(=O)N2CCNCC2)C1. The molecular formula is C12H22N6O2S. The third-order valence-corrected chi connectivity index (χ3v) is 6.23. The van der Waals surface area contributed by atoms with Crippen molar-refractivity contribution in [3.63, 3.8) is 0 Å². The quantitative estimate of drug-likeness (QED) is 0.785. The van der Waals surface area contributed by atoms with Crippen LogP contribution in [0.5, 0.6) is 0 Å². The van der Waals surface area contributed by atoms with E-state index in [9.17, 15) is 8.42 Å². The fourth-order valence-corrected chi connectivity index (χ4v) is 4.76. The molecule has 2 aliphatic heterocycles. The molecule has 2 saturated heterocycles. The van der Waals surface area contributed by atoms with Crippen molar-refractivity contribution in [3.05, 3.63) is 12.2 Å². The minimum atomic E-state index is -3.35. The molecule has 1 aromatic heterocycles. The van der Waals surface area contributed by atoms with Gasteiger partial charge in [0, 0.05) is 52.2 Å². The maximum Gasteiger partial charge on any atom is 0.282 e. The van der Waals surface area contributed by atoms with E-state index in [0.29, 0.717) is 26.2 Å². The lowest BCUT2D eigenvalue weighted by Gasteiger charge is -2.36. The van der Waals surface area contributed by atoms with Gasteiger partial charge in [-0.05, 0) is 12.8 Å². The average Bonchev–Trinajstić information content (AvgIpc) is 2.94. The van der Waals surface area contributed by atoms with Crippen molar-refractivity contribution in [2.75, 3.05) is 39.3 Å². The van der Waals surface area contributed by atoms with E-state index in [1.165, 1.54) is 0 Å². The van der Waals surface area contributed by atoms with Crippen molar-refractivity contribution in [1.82, 2.24) is 28.7 Å². The van der Waals surface area contributed by atoms with Crippen molar-refractivity contribution in [2.24, 2.45) is 7.05 Å². The molecule has 1 aromatic rings. The van der Waals surface area contributed by atoms with Gasteiger partial charge >= 0.3 is 0 Å². The third-order valence-electron chi connectivity index (χ3n) is 4.22. The van der Waals surface area contributed by atoms with E-state index in [-0.39, 0.29) is 5.92 Å². The van der Waals surface area contributed by atoms with Gasteiger partial charge in [-0.1, -0.05) is 0 Å². The van der Waals surface area contributed by atoms with Gasteiger partial charge in [0.05, 0.1) is 0 Å². The molecule has 0 radical (unpaired) electrons. The van der Waals surface area contributed by atoms with Crippen LogP contribution in [-0.4, -0.2) is 71.1 Å². The molecule has 118 valence electrons. The van der Waals surface area contributed by atoms with Crippen LogP contribution in [0.2, 0.25) is 0 Å². The number of piperidine rings is 1. The summed E-state index contributed by atoms with van der Waals surface area (Å²) >= 11 is 0. The lowest BCUT2D eigenvalue weighted by atomic mass is 9.99. The van der Waals surface area contributed by atoms with E-state index in [2.05, 4.69) is 15.5 Å². The number of aryl methyl sites for hydroxylation is 1. The highest BCUT2D eigenvalue weighted by molar-refractivity contribution is 7.86. The zero-order chi connectivity index (χ0) is 14.9. The van der Waals surface area contributed by atoms with Crippen LogP contribution < -0.4 is 5.32 Å². The third kappa shape index (κ3) is 2.96. The summed E-state index contributed by atoms with van der Waals surface area (Å²) in [7, 11) is -1.45. The van der Waals surface area contributed by atoms with Crippen LogP contribution in [0.3, 0.4) is 0 Å². The lowest BCUT2D eigenvalue weighted by molar-refractivity contribution is 0.267. The van der Waals surface area contributed by atoms with Gasteiger partial charge in [0.1, 0.15) is 12.2 Å². The molecule has 1 N–H and O–H groups in total. The van der Waals surface area contributed by atoms with Crippen LogP contribution >= 0.6 is 0 Å². The van der Waals surface area contributed by atoms with Gasteiger partial charge in [-0.15, -0.1) is 10.2 Å². The Labute approximate surface area is 125 Å². The monoisotopic (exact) mass is 314 g/mol. The molecule has 8 nitrogen and oxygen atoms in total. The Morgan fingerprint density at radius 3 is 2.67 bits per heavy atom. The molecule has 2 aliphatic rings. The van der Waals surface area contributed by atoms with Crippen LogP contribution in [0.15, 0.2) is 6.33 Å². The number of hydrogen-bond donors (Lipinski definition) is 1. The van der Waals surface area contributed by atoms with Gasteiger partial charge in [0.25, 0.3) is 10.2 Å². The standard InChI is InChI=1S/C12H22N6O2S/c1-16-10-14-15-12(16)11-3-2-6-18(9-11)21(19,20)17-7-4-13-5-8-17/h10-11,13H,2-9H2,1H3. The molecule has 0 aliphatic carbocycles. The van der Waals surface area contributed by atoms with Gasteiger partial charge < -0.3 is 9.88 Å². The Morgan fingerprint density at radius 1 is 1.24 bits per heavy atom. The molecule has 1 unspecified atom stereocenters. The van der Waals surface area contributed by atoms with Crippen molar-refractivity contribution in [1.29, 1.82) is 0 Å². The molecule has 2 fully saturated rings. The second-order valence-electron chi connectivity index (χ2n) is 5.65. The summed E-state index contributed by atoms with van der Waals surface area (Å²) in [5, 5.41) is 11.2. The Balaban J connectivity index is 1.75. The molecule has 0 saturated carbocycles. The highest BCUT2D eigenvalue weighted by Gasteiger charge is 2.35. The van der Waals surface area contributed by atoms with Crippen molar-refractivity contribution < 1.29 is 8.42 Å². The summed E-state index contributed by atoms with van der Waals surface area (Å²) in [6.07, 6.45) is 3.49. The summed E-state index contributed by atoms with van der Waals surface area (Å²) in [5.41, 5.74) is 0. The number of nitrogens with one attached hydrogen (secondary N) is 1. The normalized spacial score (nSPS) is 26.0. The number of rotatable bonds is 3. The van der Waals surface area contributed by atoms with E-state index >= 15 is 0 Å². The van der Waals surface area contributed by atoms with Gasteiger partial charge in [-0.25, -0.2) is 0 Å². The summed E-state index contributed by atoms with van der Waals surface area (Å²) < 4.78 is 30.5. The van der Waals surface area contributed by atoms with Crippen molar-refractivity contribution >= 4 is 10.2 Å². The fraction of sp³-hybridized carbons (Fsp3) is 0.833. The van der Waals surface area contributed by atoms with Crippen LogP contribution in [0.4, 0.5) is 0 Å². The first-order chi connectivity index (χ1) is 10.1. The lowest BCUT2D eigenvalue weighted by Crippen LogP contribution is -2.53. The Bertz CT molecular complexity index is 580. The zero-order valence-corrected chi connectivity index (χ0v) is 13.1. The minimum Gasteiger partial charge on any atom is -0.320 e. The van der Waals surface area contributed by atoms with Crippen LogP contribution in [-0.2, 0) is 17.3 Å². The van der Waals surface area contributed by atoms with Crippen LogP contribution in [0.25, 0.3) is 0 Å². The molecule has 0 bridgehead atoms. The molecule has 1 atom stereocenters. The number of hydrogen-bond acceptors (Lipinski definition) is 5. The second kappa shape index (κ2) is 5.99. The summed E-state index contributed by atoms with van der Waals surface area (Å²) in [4.78, 5) is 0. The second-order valence-corrected chi connectivity index (χ2v) is 7.58. The first-order valence-corrected chi connectivity index (χ1v) is 8.78. The fourth-order valence-electron chi connectivity index (χ4n) is 3.06. The van der Waals surface area contributed by atoms with E-state index in [4.69, 9.17) is 0 Å². The highest BCUT2D eigenvalue weighted by Crippen LogP contribution is 2.27. The molecular weight excluding hydrogens is 292 g/mol. The van der Waals surface area contributed by atoms with E-state index < -0.39 is 10.2 Å². The van der Waals surface area contributed by atoms with Crippen LogP contribution in [0.1, 0.15) is 24.6 Å². The maximum absolute atomic E-state index is 12.7. The summed E-state index contributed by atoms with van der Waals surface area (Å²) in [5.74, 6) is 0.999. The summed E-state index contributed by atoms with van der Waals surface area (Å²) in [6.45, 7) is 3.64. The maximum atomic E-state index is 12.7. The van der Waals surface area contributed by atoms with Gasteiger partial charge in [0.2, 0.25) is 0 Å². The van der Waals surface area contributed by atoms with Crippen LogP contribution in [0, 0.1) is 0 Å². The van der Waals surface area contributed by atoms with E-state index in [1.54, 1.807) is 14.9 Å². The predicted octanol–water partition coefficient (Wildman–Crippen LogP) is -0.855.